The number of anilines is 1. The van der Waals surface area contributed by atoms with E-state index in [9.17, 15) is 0 Å². The number of aryl methyl sites for hydroxylation is 1. The number of alkyl halides is 1. The van der Waals surface area contributed by atoms with Gasteiger partial charge in [0.05, 0.1) is 5.69 Å². The van der Waals surface area contributed by atoms with Crippen LogP contribution in [0.25, 0.3) is 0 Å². The molecule has 1 aliphatic carbocycles. The lowest BCUT2D eigenvalue weighted by Gasteiger charge is -2.21. The Labute approximate surface area is 92.7 Å². The zero-order chi connectivity index (χ0) is 9.97. The first-order valence-electron chi connectivity index (χ1n) is 4.94. The molecule has 3 nitrogen and oxygen atoms in total. The Kier molecular flexibility index (Phi) is 3.01. The highest BCUT2D eigenvalue weighted by Gasteiger charge is 2.29. The Morgan fingerprint density at radius 3 is 2.71 bits per heavy atom. The van der Waals surface area contributed by atoms with Gasteiger partial charge in [0, 0.05) is 17.9 Å². The van der Waals surface area contributed by atoms with Crippen molar-refractivity contribution in [3.63, 3.8) is 0 Å². The largest absolute Gasteiger partial charge is 0.351 e. The SMILES string of the molecule is Cc1ccc(N(CCBr)C2CC2)nn1. The number of hydrogen-bond acceptors (Lipinski definition) is 3. The van der Waals surface area contributed by atoms with E-state index in [1.54, 1.807) is 0 Å². The summed E-state index contributed by atoms with van der Waals surface area (Å²) < 4.78 is 0. The fraction of sp³-hybridized carbons (Fsp3) is 0.600. The van der Waals surface area contributed by atoms with Crippen LogP contribution in [0.4, 0.5) is 5.82 Å². The van der Waals surface area contributed by atoms with E-state index in [0.717, 1.165) is 23.4 Å². The maximum absolute atomic E-state index is 4.21. The predicted molar refractivity (Wildman–Crippen MR) is 60.9 cm³/mol. The fourth-order valence-electron chi connectivity index (χ4n) is 1.51. The van der Waals surface area contributed by atoms with Gasteiger partial charge in [-0.3, -0.25) is 0 Å². The number of aromatic nitrogens is 2. The molecular formula is C10H14BrN3. The number of rotatable bonds is 4. The zero-order valence-corrected chi connectivity index (χ0v) is 9.87. The van der Waals surface area contributed by atoms with Crippen molar-refractivity contribution < 1.29 is 0 Å². The lowest BCUT2D eigenvalue weighted by molar-refractivity contribution is 0.793. The molecule has 0 saturated heterocycles. The number of halogens is 1. The van der Waals surface area contributed by atoms with Crippen LogP contribution in [0.1, 0.15) is 18.5 Å². The number of nitrogens with zero attached hydrogens (tertiary/aromatic N) is 3. The molecule has 1 heterocycles. The Hall–Kier alpha value is -0.640. The lowest BCUT2D eigenvalue weighted by Crippen LogP contribution is -2.28. The highest BCUT2D eigenvalue weighted by molar-refractivity contribution is 9.09. The summed E-state index contributed by atoms with van der Waals surface area (Å²) in [4.78, 5) is 2.33. The van der Waals surface area contributed by atoms with Gasteiger partial charge in [0.15, 0.2) is 5.82 Å². The standard InChI is InChI=1S/C10H14BrN3/c1-8-2-5-10(13-12-8)14(7-6-11)9-3-4-9/h2,5,9H,3-4,6-7H2,1H3. The molecule has 4 heteroatoms. The van der Waals surface area contributed by atoms with Crippen LogP contribution in [0.5, 0.6) is 0 Å². The van der Waals surface area contributed by atoms with E-state index in [1.165, 1.54) is 12.8 Å². The molecule has 0 atom stereocenters. The van der Waals surface area contributed by atoms with Crippen LogP contribution in [-0.2, 0) is 0 Å². The van der Waals surface area contributed by atoms with Crippen LogP contribution in [0.2, 0.25) is 0 Å². The van der Waals surface area contributed by atoms with Crippen LogP contribution in [-0.4, -0.2) is 28.1 Å². The van der Waals surface area contributed by atoms with Crippen molar-refractivity contribution in [1.82, 2.24) is 10.2 Å². The molecule has 0 radical (unpaired) electrons. The maximum Gasteiger partial charge on any atom is 0.151 e. The Morgan fingerprint density at radius 1 is 1.43 bits per heavy atom. The quantitative estimate of drug-likeness (QED) is 0.773. The van der Waals surface area contributed by atoms with Crippen LogP contribution in [0.15, 0.2) is 12.1 Å². The number of hydrogen-bond donors (Lipinski definition) is 0. The summed E-state index contributed by atoms with van der Waals surface area (Å²) in [5.74, 6) is 1.01. The molecule has 0 aliphatic heterocycles. The van der Waals surface area contributed by atoms with E-state index in [2.05, 4.69) is 37.1 Å². The zero-order valence-electron chi connectivity index (χ0n) is 8.28. The van der Waals surface area contributed by atoms with Gasteiger partial charge in [-0.25, -0.2) is 0 Å². The van der Waals surface area contributed by atoms with E-state index in [-0.39, 0.29) is 0 Å². The third-order valence-electron chi connectivity index (χ3n) is 2.39. The van der Waals surface area contributed by atoms with Gasteiger partial charge in [0.25, 0.3) is 0 Å². The van der Waals surface area contributed by atoms with Gasteiger partial charge in [0.1, 0.15) is 0 Å². The summed E-state index contributed by atoms with van der Waals surface area (Å²) >= 11 is 3.47. The molecule has 0 amide bonds. The predicted octanol–water partition coefficient (Wildman–Crippen LogP) is 2.15. The monoisotopic (exact) mass is 255 g/mol. The second kappa shape index (κ2) is 4.26. The van der Waals surface area contributed by atoms with E-state index < -0.39 is 0 Å². The first-order chi connectivity index (χ1) is 6.81. The molecule has 14 heavy (non-hydrogen) atoms. The lowest BCUT2D eigenvalue weighted by atomic mass is 10.4. The Bertz CT molecular complexity index is 295. The van der Waals surface area contributed by atoms with Gasteiger partial charge in [-0.15, -0.1) is 5.10 Å². The highest BCUT2D eigenvalue weighted by atomic mass is 79.9. The average Bonchev–Trinajstić information content (AvgIpc) is 2.99. The average molecular weight is 256 g/mol. The summed E-state index contributed by atoms with van der Waals surface area (Å²) in [5.41, 5.74) is 0.975. The van der Waals surface area contributed by atoms with Crippen molar-refractivity contribution in [2.45, 2.75) is 25.8 Å². The Morgan fingerprint density at radius 2 is 2.21 bits per heavy atom. The molecule has 2 rings (SSSR count). The third-order valence-corrected chi connectivity index (χ3v) is 2.75. The molecule has 1 aromatic heterocycles. The molecule has 1 aromatic rings. The second-order valence-corrected chi connectivity index (χ2v) is 4.44. The summed E-state index contributed by atoms with van der Waals surface area (Å²) in [7, 11) is 0. The molecule has 0 bridgehead atoms. The second-order valence-electron chi connectivity index (χ2n) is 3.65. The Balaban J connectivity index is 2.13. The van der Waals surface area contributed by atoms with Crippen LogP contribution < -0.4 is 4.90 Å². The topological polar surface area (TPSA) is 29.0 Å². The van der Waals surface area contributed by atoms with E-state index in [4.69, 9.17) is 0 Å². The van der Waals surface area contributed by atoms with Gasteiger partial charge in [-0.05, 0) is 31.9 Å². The highest BCUT2D eigenvalue weighted by Crippen LogP contribution is 2.30. The summed E-state index contributed by atoms with van der Waals surface area (Å²) in [6, 6.07) is 4.78. The molecule has 1 aliphatic rings. The van der Waals surface area contributed by atoms with Gasteiger partial charge in [0.2, 0.25) is 0 Å². The van der Waals surface area contributed by atoms with Gasteiger partial charge in [-0.2, -0.15) is 5.10 Å². The normalized spacial score (nSPS) is 15.6. The van der Waals surface area contributed by atoms with Crippen molar-refractivity contribution in [2.75, 3.05) is 16.8 Å². The van der Waals surface area contributed by atoms with E-state index in [1.807, 2.05) is 13.0 Å². The minimum absolute atomic E-state index is 0.699. The van der Waals surface area contributed by atoms with Crippen LogP contribution in [0.3, 0.4) is 0 Å². The van der Waals surface area contributed by atoms with Crippen molar-refractivity contribution >= 4 is 21.7 Å². The maximum atomic E-state index is 4.21. The van der Waals surface area contributed by atoms with Crippen molar-refractivity contribution in [2.24, 2.45) is 0 Å². The van der Waals surface area contributed by atoms with Crippen molar-refractivity contribution in [3.05, 3.63) is 17.8 Å². The van der Waals surface area contributed by atoms with Crippen LogP contribution in [0, 0.1) is 6.92 Å². The smallest absolute Gasteiger partial charge is 0.151 e. The van der Waals surface area contributed by atoms with E-state index >= 15 is 0 Å². The summed E-state index contributed by atoms with van der Waals surface area (Å²) in [6.45, 7) is 2.98. The van der Waals surface area contributed by atoms with Crippen LogP contribution >= 0.6 is 15.9 Å². The molecule has 1 fully saturated rings. The molecule has 0 unspecified atom stereocenters. The molecule has 1 saturated carbocycles. The molecule has 0 spiro atoms. The van der Waals surface area contributed by atoms with Gasteiger partial charge in [-0.1, -0.05) is 15.9 Å². The fourth-order valence-corrected chi connectivity index (χ4v) is 1.89. The summed E-state index contributed by atoms with van der Waals surface area (Å²) in [5, 5.41) is 9.28. The first-order valence-corrected chi connectivity index (χ1v) is 6.06. The minimum atomic E-state index is 0.699. The van der Waals surface area contributed by atoms with Gasteiger partial charge < -0.3 is 4.90 Å². The molecule has 0 aromatic carbocycles. The first kappa shape index (κ1) is 9.90. The third kappa shape index (κ3) is 2.23. The molecule has 76 valence electrons. The van der Waals surface area contributed by atoms with E-state index in [0.29, 0.717) is 6.04 Å². The van der Waals surface area contributed by atoms with Crippen molar-refractivity contribution in [3.8, 4) is 0 Å². The molecular weight excluding hydrogens is 242 g/mol. The minimum Gasteiger partial charge on any atom is -0.351 e. The summed E-state index contributed by atoms with van der Waals surface area (Å²) in [6.07, 6.45) is 2.59. The van der Waals surface area contributed by atoms with Crippen molar-refractivity contribution in [1.29, 1.82) is 0 Å². The van der Waals surface area contributed by atoms with Gasteiger partial charge >= 0.3 is 0 Å². The molecule has 0 N–H and O–H groups in total.